The Morgan fingerprint density at radius 2 is 0.490 bits per heavy atom. The molecule has 0 aromatic carbocycles. The monoisotopic (exact) mass is 1440 g/mol. The number of hydrogen-bond donors (Lipinski definition) is 3. The predicted molar refractivity (Wildman–Crippen MR) is 400 cm³/mol. The van der Waals surface area contributed by atoms with Crippen LogP contribution in [0.2, 0.25) is 0 Å². The zero-order valence-corrected chi connectivity index (χ0v) is 66.2. The van der Waals surface area contributed by atoms with E-state index in [1.54, 1.807) is 0 Å². The van der Waals surface area contributed by atoms with Crippen molar-refractivity contribution in [1.82, 2.24) is 0 Å². The average Bonchev–Trinajstić information content (AvgIpc) is 0.987. The van der Waals surface area contributed by atoms with E-state index >= 15 is 0 Å². The van der Waals surface area contributed by atoms with Crippen molar-refractivity contribution in [2.24, 2.45) is 23.7 Å². The third-order valence-electron chi connectivity index (χ3n) is 19.0. The van der Waals surface area contributed by atoms with Crippen LogP contribution in [0.4, 0.5) is 0 Å². The second kappa shape index (κ2) is 68.2. The van der Waals surface area contributed by atoms with Crippen LogP contribution in [0.15, 0.2) is 0 Å². The first-order valence-corrected chi connectivity index (χ1v) is 43.8. The molecule has 0 rings (SSSR count). The predicted octanol–water partition coefficient (Wildman–Crippen LogP) is 23.2. The molecule has 4 unspecified atom stereocenters. The van der Waals surface area contributed by atoms with Gasteiger partial charge in [-0.15, -0.1) is 0 Å². The van der Waals surface area contributed by atoms with Crippen LogP contribution in [-0.4, -0.2) is 96.7 Å². The van der Waals surface area contributed by atoms with Crippen LogP contribution in [0.25, 0.3) is 0 Å². The van der Waals surface area contributed by atoms with Crippen LogP contribution in [0.5, 0.6) is 0 Å². The number of rotatable bonds is 76. The van der Waals surface area contributed by atoms with Crippen LogP contribution in [0, 0.1) is 23.7 Å². The highest BCUT2D eigenvalue weighted by Crippen LogP contribution is 2.45. The minimum absolute atomic E-state index is 0.105. The summed E-state index contributed by atoms with van der Waals surface area (Å²) in [6.07, 6.45) is 54.2. The first-order chi connectivity index (χ1) is 47.2. The normalized spacial score (nSPS) is 14.6. The van der Waals surface area contributed by atoms with E-state index in [1.807, 2.05) is 0 Å². The van der Waals surface area contributed by atoms with E-state index in [2.05, 4.69) is 55.4 Å². The largest absolute Gasteiger partial charge is 0.472 e. The Hall–Kier alpha value is -1.94. The summed E-state index contributed by atoms with van der Waals surface area (Å²) in [7, 11) is -9.92. The molecule has 19 heteroatoms. The second-order valence-corrected chi connectivity index (χ2v) is 32.8. The van der Waals surface area contributed by atoms with E-state index in [-0.39, 0.29) is 25.7 Å². The molecule has 0 aromatic rings. The zero-order valence-electron chi connectivity index (χ0n) is 64.4. The SMILES string of the molecule is CCC(C)CCCCCCCCCCCCCCCCC(=O)O[C@H](COC(=O)CCCCCCCCC(C)C)COP(=O)(O)OC[C@H](O)COP(=O)(O)OC[C@@H](COC(=O)CCCCCCCCCCCCCCCCCCC(C)C)OC(=O)CCCCCCCCCCC(C)CC. The summed E-state index contributed by atoms with van der Waals surface area (Å²) in [5.74, 6) is 0.987. The van der Waals surface area contributed by atoms with E-state index in [1.165, 1.54) is 199 Å². The van der Waals surface area contributed by atoms with Crippen molar-refractivity contribution in [3.8, 4) is 0 Å². The van der Waals surface area contributed by atoms with Gasteiger partial charge in [0.15, 0.2) is 12.2 Å². The van der Waals surface area contributed by atoms with E-state index in [9.17, 15) is 43.2 Å². The fourth-order valence-corrected chi connectivity index (χ4v) is 13.6. The number of aliphatic hydroxyl groups excluding tert-OH is 1. The first kappa shape index (κ1) is 96.1. The summed E-state index contributed by atoms with van der Waals surface area (Å²) >= 11 is 0. The van der Waals surface area contributed by atoms with Gasteiger partial charge in [0.05, 0.1) is 26.4 Å². The third kappa shape index (κ3) is 69.8. The quantitative estimate of drug-likeness (QED) is 0.0222. The zero-order chi connectivity index (χ0) is 72.4. The van der Waals surface area contributed by atoms with Gasteiger partial charge in [0.1, 0.15) is 19.3 Å². The number of ether oxygens (including phenoxy) is 4. The molecular formula is C79H154O17P2. The van der Waals surface area contributed by atoms with E-state index in [0.29, 0.717) is 31.6 Å². The highest BCUT2D eigenvalue weighted by Gasteiger charge is 2.30. The molecule has 0 aliphatic rings. The lowest BCUT2D eigenvalue weighted by molar-refractivity contribution is -0.161. The Balaban J connectivity index is 5.19. The fourth-order valence-electron chi connectivity index (χ4n) is 12.0. The average molecular weight is 1440 g/mol. The first-order valence-electron chi connectivity index (χ1n) is 40.8. The van der Waals surface area contributed by atoms with Crippen molar-refractivity contribution >= 4 is 39.5 Å². The molecular weight excluding hydrogens is 1280 g/mol. The summed E-state index contributed by atoms with van der Waals surface area (Å²) in [5, 5.41) is 10.6. The number of carbonyl (C=O) groups excluding carboxylic acids is 4. The van der Waals surface area contributed by atoms with Crippen molar-refractivity contribution < 1.29 is 80.2 Å². The molecule has 0 radical (unpaired) electrons. The molecule has 17 nitrogen and oxygen atoms in total. The lowest BCUT2D eigenvalue weighted by Crippen LogP contribution is -2.30. The van der Waals surface area contributed by atoms with E-state index in [0.717, 1.165) is 114 Å². The third-order valence-corrected chi connectivity index (χ3v) is 20.9. The fraction of sp³-hybridized carbons (Fsp3) is 0.949. The number of hydrogen-bond acceptors (Lipinski definition) is 15. The minimum Gasteiger partial charge on any atom is -0.462 e. The molecule has 0 amide bonds. The topological polar surface area (TPSA) is 237 Å². The van der Waals surface area contributed by atoms with Gasteiger partial charge < -0.3 is 33.8 Å². The van der Waals surface area contributed by atoms with Crippen molar-refractivity contribution in [3.63, 3.8) is 0 Å². The Morgan fingerprint density at radius 3 is 0.724 bits per heavy atom. The number of aliphatic hydroxyl groups is 1. The van der Waals surface area contributed by atoms with Crippen molar-refractivity contribution in [3.05, 3.63) is 0 Å². The maximum atomic E-state index is 13.1. The number of esters is 4. The van der Waals surface area contributed by atoms with Crippen molar-refractivity contribution in [1.29, 1.82) is 0 Å². The Kier molecular flexibility index (Phi) is 66.8. The highest BCUT2D eigenvalue weighted by molar-refractivity contribution is 7.47. The van der Waals surface area contributed by atoms with Crippen molar-refractivity contribution in [2.75, 3.05) is 39.6 Å². The molecule has 98 heavy (non-hydrogen) atoms. The molecule has 0 saturated heterocycles. The van der Waals surface area contributed by atoms with Crippen LogP contribution in [0.1, 0.15) is 402 Å². The maximum absolute atomic E-state index is 13.1. The van der Waals surface area contributed by atoms with Gasteiger partial charge in [-0.3, -0.25) is 37.3 Å². The summed E-state index contributed by atoms with van der Waals surface area (Å²) < 4.78 is 68.6. The van der Waals surface area contributed by atoms with Gasteiger partial charge >= 0.3 is 39.5 Å². The van der Waals surface area contributed by atoms with E-state index < -0.39 is 97.5 Å². The Labute approximate surface area is 600 Å². The number of unbranched alkanes of at least 4 members (excludes halogenated alkanes) is 40. The highest BCUT2D eigenvalue weighted by atomic mass is 31.2. The van der Waals surface area contributed by atoms with Gasteiger partial charge in [-0.2, -0.15) is 0 Å². The standard InChI is InChI=1S/C79H154O17P2/c1-9-71(7)57-49-41-32-26-22-18-15-16-20-24-28-35-45-53-61-78(83)95-75(66-90-77(82)60-52-44-38-37-40-48-56-70(5)6)68-94-98(87,88)92-64-73(80)63-91-97(85,86)93-67-74(96-79(84)62-54-46-36-30-29-33-42-50-58-72(8)10-2)65-89-76(81)59-51-43-34-27-23-19-14-12-11-13-17-21-25-31-39-47-55-69(3)4/h69-75,80H,9-68H2,1-8H3,(H,85,86)(H,87,88)/t71?,72?,73-,74-,75-/m1/s1. The smallest absolute Gasteiger partial charge is 0.462 e. The summed E-state index contributed by atoms with van der Waals surface area (Å²) in [5.41, 5.74) is 0. The molecule has 0 saturated carbocycles. The number of carbonyl (C=O) groups is 4. The van der Waals surface area contributed by atoms with Crippen LogP contribution >= 0.6 is 15.6 Å². The lowest BCUT2D eigenvalue weighted by atomic mass is 9.99. The van der Waals surface area contributed by atoms with Crippen LogP contribution in [0.3, 0.4) is 0 Å². The van der Waals surface area contributed by atoms with Gasteiger partial charge in [0.25, 0.3) is 0 Å². The molecule has 3 N–H and O–H groups in total. The van der Waals surface area contributed by atoms with Gasteiger partial charge in [-0.25, -0.2) is 9.13 Å². The number of phosphoric ester groups is 2. The van der Waals surface area contributed by atoms with Gasteiger partial charge in [-0.05, 0) is 49.4 Å². The maximum Gasteiger partial charge on any atom is 0.472 e. The summed E-state index contributed by atoms with van der Waals surface area (Å²) in [4.78, 5) is 72.9. The van der Waals surface area contributed by atoms with Crippen molar-refractivity contribution in [2.45, 2.75) is 420 Å². The Bertz CT molecular complexity index is 1920. The Morgan fingerprint density at radius 1 is 0.286 bits per heavy atom. The summed E-state index contributed by atoms with van der Waals surface area (Å²) in [6.45, 7) is 14.2. The molecule has 0 heterocycles. The molecule has 0 aliphatic carbocycles. The van der Waals surface area contributed by atoms with Crippen LogP contribution in [-0.2, 0) is 65.4 Å². The van der Waals surface area contributed by atoms with Gasteiger partial charge in [0, 0.05) is 25.7 Å². The number of phosphoric acid groups is 2. The van der Waals surface area contributed by atoms with Gasteiger partial charge in [0.2, 0.25) is 0 Å². The molecule has 0 aromatic heterocycles. The summed E-state index contributed by atoms with van der Waals surface area (Å²) in [6, 6.07) is 0. The van der Waals surface area contributed by atoms with Gasteiger partial charge in [-0.1, -0.05) is 351 Å². The lowest BCUT2D eigenvalue weighted by Gasteiger charge is -2.21. The molecule has 0 fully saturated rings. The molecule has 7 atom stereocenters. The molecule has 0 spiro atoms. The second-order valence-electron chi connectivity index (χ2n) is 29.9. The molecule has 0 aliphatic heterocycles. The van der Waals surface area contributed by atoms with Crippen LogP contribution < -0.4 is 0 Å². The molecule has 582 valence electrons. The van der Waals surface area contributed by atoms with E-state index in [4.69, 9.17) is 37.0 Å². The molecule has 0 bridgehead atoms. The minimum atomic E-state index is -4.96.